The molecule has 0 heterocycles. The zero-order chi connectivity index (χ0) is 30.9. The second-order valence-electron chi connectivity index (χ2n) is 8.86. The van der Waals surface area contributed by atoms with E-state index in [9.17, 15) is 39.0 Å². The lowest BCUT2D eigenvalue weighted by molar-refractivity contribution is -0.142. The maximum absolute atomic E-state index is 13.0. The molecule has 0 fully saturated rings. The molecule has 12 N–H and O–H groups in total. The van der Waals surface area contributed by atoms with Crippen LogP contribution in [0.15, 0.2) is 30.3 Å². The van der Waals surface area contributed by atoms with Crippen molar-refractivity contribution < 1.29 is 39.0 Å². The Morgan fingerprint density at radius 3 is 2.05 bits per heavy atom. The normalized spacial score (nSPS) is 13.4. The zero-order valence-corrected chi connectivity index (χ0v) is 23.0. The molecular weight excluding hydrogens is 560 g/mol. The molecule has 0 spiro atoms. The SMILES string of the molecule is N=C(N)NCCC[C@H](N)C(=O)NCC(=O)N[C@@H](CC(=O)O)C(=O)N[C@H](Cc1ccccc1)C(=O)N[C@@H](CS)C(=O)O. The van der Waals surface area contributed by atoms with Crippen LogP contribution in [-0.4, -0.2) is 94.7 Å². The number of benzene rings is 1. The molecule has 0 saturated heterocycles. The number of rotatable bonds is 18. The van der Waals surface area contributed by atoms with Crippen molar-refractivity contribution in [3.63, 3.8) is 0 Å². The van der Waals surface area contributed by atoms with Crippen LogP contribution < -0.4 is 38.1 Å². The Kier molecular flexibility index (Phi) is 15.3. The summed E-state index contributed by atoms with van der Waals surface area (Å²) >= 11 is 3.90. The molecule has 0 aliphatic rings. The maximum atomic E-state index is 13.0. The van der Waals surface area contributed by atoms with Gasteiger partial charge in [-0.2, -0.15) is 12.6 Å². The van der Waals surface area contributed by atoms with Gasteiger partial charge in [-0.15, -0.1) is 0 Å². The van der Waals surface area contributed by atoms with Gasteiger partial charge in [0, 0.05) is 18.7 Å². The molecule has 4 atom stereocenters. The molecule has 226 valence electrons. The van der Waals surface area contributed by atoms with Gasteiger partial charge in [0.05, 0.1) is 19.0 Å². The molecular formula is C24H36N8O8S. The summed E-state index contributed by atoms with van der Waals surface area (Å²) in [7, 11) is 0. The van der Waals surface area contributed by atoms with Gasteiger partial charge in [-0.25, -0.2) is 4.79 Å². The highest BCUT2D eigenvalue weighted by Crippen LogP contribution is 2.06. The lowest BCUT2D eigenvalue weighted by Gasteiger charge is -2.24. The molecule has 0 unspecified atom stereocenters. The van der Waals surface area contributed by atoms with E-state index in [0.29, 0.717) is 18.5 Å². The Hall–Kier alpha value is -4.38. The first-order valence-corrected chi connectivity index (χ1v) is 13.1. The van der Waals surface area contributed by atoms with Gasteiger partial charge < -0.3 is 48.3 Å². The van der Waals surface area contributed by atoms with Crippen molar-refractivity contribution >= 4 is 54.2 Å². The Morgan fingerprint density at radius 2 is 1.49 bits per heavy atom. The number of amides is 4. The molecule has 1 aromatic rings. The molecule has 0 aromatic heterocycles. The Morgan fingerprint density at radius 1 is 0.878 bits per heavy atom. The largest absolute Gasteiger partial charge is 0.481 e. The van der Waals surface area contributed by atoms with Crippen LogP contribution in [0.5, 0.6) is 0 Å². The van der Waals surface area contributed by atoms with Crippen molar-refractivity contribution in [1.82, 2.24) is 26.6 Å². The van der Waals surface area contributed by atoms with Crippen LogP contribution in [-0.2, 0) is 35.2 Å². The average molecular weight is 597 g/mol. The summed E-state index contributed by atoms with van der Waals surface area (Å²) < 4.78 is 0. The van der Waals surface area contributed by atoms with E-state index < -0.39 is 72.7 Å². The number of carboxylic acid groups (broad SMARTS) is 2. The van der Waals surface area contributed by atoms with Gasteiger partial charge in [0.2, 0.25) is 23.6 Å². The highest BCUT2D eigenvalue weighted by Gasteiger charge is 2.30. The van der Waals surface area contributed by atoms with Gasteiger partial charge in [-0.05, 0) is 18.4 Å². The number of guanidine groups is 1. The standard InChI is InChI=1S/C24H36N8O8S/c25-14(7-4-8-28-24(26)27)20(36)29-11-18(33)30-16(10-19(34)35)22(38)31-15(9-13-5-2-1-3-6-13)21(37)32-17(12-41)23(39)40/h1-3,5-6,14-17,41H,4,7-12,25H2,(H,29,36)(H,30,33)(H,31,38)(H,32,37)(H,34,35)(H,39,40)(H4,26,27,28)/t14-,15+,16-,17-/m0/s1. The summed E-state index contributed by atoms with van der Waals surface area (Å²) in [4.78, 5) is 73.2. The minimum atomic E-state index is -1.63. The number of hydrogen-bond acceptors (Lipinski definition) is 9. The van der Waals surface area contributed by atoms with Crippen molar-refractivity contribution in [3.05, 3.63) is 35.9 Å². The zero-order valence-electron chi connectivity index (χ0n) is 22.1. The monoisotopic (exact) mass is 596 g/mol. The molecule has 1 rings (SSSR count). The maximum Gasteiger partial charge on any atom is 0.327 e. The first-order chi connectivity index (χ1) is 19.3. The number of aliphatic carboxylic acids is 2. The third-order valence-electron chi connectivity index (χ3n) is 5.51. The molecule has 1 aromatic carbocycles. The molecule has 0 aliphatic carbocycles. The van der Waals surface area contributed by atoms with Gasteiger partial charge >= 0.3 is 11.9 Å². The van der Waals surface area contributed by atoms with Crippen molar-refractivity contribution in [1.29, 1.82) is 5.41 Å². The highest BCUT2D eigenvalue weighted by atomic mass is 32.1. The number of carbonyl (C=O) groups is 6. The van der Waals surface area contributed by atoms with Crippen molar-refractivity contribution in [3.8, 4) is 0 Å². The first kappa shape index (κ1) is 34.6. The summed E-state index contributed by atoms with van der Waals surface area (Å²) in [5.41, 5.74) is 11.5. The van der Waals surface area contributed by atoms with Crippen LogP contribution in [0.25, 0.3) is 0 Å². The highest BCUT2D eigenvalue weighted by molar-refractivity contribution is 7.80. The van der Waals surface area contributed by atoms with Crippen LogP contribution in [0.1, 0.15) is 24.8 Å². The van der Waals surface area contributed by atoms with E-state index in [2.05, 4.69) is 39.2 Å². The van der Waals surface area contributed by atoms with Crippen LogP contribution >= 0.6 is 12.6 Å². The Balaban J connectivity index is 2.87. The van der Waals surface area contributed by atoms with Crippen LogP contribution in [0, 0.1) is 5.41 Å². The minimum absolute atomic E-state index is 0.0685. The summed E-state index contributed by atoms with van der Waals surface area (Å²) in [6.45, 7) is -0.296. The minimum Gasteiger partial charge on any atom is -0.481 e. The van der Waals surface area contributed by atoms with E-state index in [1.807, 2.05) is 0 Å². The van der Waals surface area contributed by atoms with Crippen molar-refractivity contribution in [2.45, 2.75) is 49.9 Å². The molecule has 0 bridgehead atoms. The smallest absolute Gasteiger partial charge is 0.327 e. The number of carbonyl (C=O) groups excluding carboxylic acids is 4. The van der Waals surface area contributed by atoms with Crippen LogP contribution in [0.4, 0.5) is 0 Å². The summed E-state index contributed by atoms with van der Waals surface area (Å²) in [6, 6.07) is 3.17. The summed E-state index contributed by atoms with van der Waals surface area (Å²) in [6.07, 6.45) is -0.276. The van der Waals surface area contributed by atoms with Crippen molar-refractivity contribution in [2.24, 2.45) is 11.5 Å². The third-order valence-corrected chi connectivity index (χ3v) is 5.88. The lowest BCUT2D eigenvalue weighted by Crippen LogP contribution is -2.57. The first-order valence-electron chi connectivity index (χ1n) is 12.4. The molecule has 17 heteroatoms. The average Bonchev–Trinajstić information content (AvgIpc) is 2.91. The van der Waals surface area contributed by atoms with E-state index >= 15 is 0 Å². The van der Waals surface area contributed by atoms with Gasteiger partial charge in [-0.3, -0.25) is 29.4 Å². The van der Waals surface area contributed by atoms with Crippen molar-refractivity contribution in [2.75, 3.05) is 18.8 Å². The molecule has 0 aliphatic heterocycles. The molecule has 4 amide bonds. The van der Waals surface area contributed by atoms with Crippen LogP contribution in [0.2, 0.25) is 0 Å². The second-order valence-corrected chi connectivity index (χ2v) is 9.22. The number of thiol groups is 1. The quantitative estimate of drug-likeness (QED) is 0.0349. The fourth-order valence-electron chi connectivity index (χ4n) is 3.39. The van der Waals surface area contributed by atoms with E-state index in [4.69, 9.17) is 16.9 Å². The van der Waals surface area contributed by atoms with E-state index in [1.165, 1.54) is 0 Å². The third kappa shape index (κ3) is 14.0. The van der Waals surface area contributed by atoms with Gasteiger partial charge in [0.1, 0.15) is 18.1 Å². The molecule has 16 nitrogen and oxygen atoms in total. The Bertz CT molecular complexity index is 1090. The molecule has 0 radical (unpaired) electrons. The fourth-order valence-corrected chi connectivity index (χ4v) is 3.64. The fraction of sp³-hybridized carbons (Fsp3) is 0.458. The lowest BCUT2D eigenvalue weighted by atomic mass is 10.0. The predicted octanol–water partition coefficient (Wildman–Crippen LogP) is -3.12. The molecule has 41 heavy (non-hydrogen) atoms. The van der Waals surface area contributed by atoms with Gasteiger partial charge in [0.15, 0.2) is 5.96 Å². The van der Waals surface area contributed by atoms with E-state index in [-0.39, 0.29) is 24.6 Å². The topological polar surface area (TPSA) is 279 Å². The van der Waals surface area contributed by atoms with E-state index in [0.717, 1.165) is 0 Å². The number of nitrogens with one attached hydrogen (secondary N) is 6. The van der Waals surface area contributed by atoms with Gasteiger partial charge in [0.25, 0.3) is 0 Å². The summed E-state index contributed by atoms with van der Waals surface area (Å²) in [5, 5.41) is 37.3. The van der Waals surface area contributed by atoms with E-state index in [1.54, 1.807) is 30.3 Å². The number of nitrogens with two attached hydrogens (primary N) is 2. The Labute approximate surface area is 241 Å². The van der Waals surface area contributed by atoms with Crippen LogP contribution in [0.3, 0.4) is 0 Å². The molecule has 0 saturated carbocycles. The number of carboxylic acids is 2. The number of hydrogen-bond donors (Lipinski definition) is 11. The predicted molar refractivity (Wildman–Crippen MR) is 150 cm³/mol. The summed E-state index contributed by atoms with van der Waals surface area (Å²) in [5.74, 6) is -6.66. The second kappa shape index (κ2) is 18.1. The van der Waals surface area contributed by atoms with Gasteiger partial charge in [-0.1, -0.05) is 30.3 Å².